The third-order valence-electron chi connectivity index (χ3n) is 2.12. The van der Waals surface area contributed by atoms with Crippen molar-refractivity contribution in [2.24, 2.45) is 0 Å². The molecule has 0 aromatic rings. The average Bonchev–Trinajstić information content (AvgIpc) is 2.18. The Bertz CT molecular complexity index is 176. The highest BCUT2D eigenvalue weighted by molar-refractivity contribution is 5.72. The Kier molecular flexibility index (Phi) is 4.86. The summed E-state index contributed by atoms with van der Waals surface area (Å²) in [5.41, 5.74) is 0. The molecule has 1 unspecified atom stereocenters. The van der Waals surface area contributed by atoms with E-state index in [1.165, 1.54) is 7.11 Å². The van der Waals surface area contributed by atoms with Crippen molar-refractivity contribution in [3.63, 3.8) is 0 Å². The van der Waals surface area contributed by atoms with Crippen LogP contribution in [-0.4, -0.2) is 50.2 Å². The molecule has 1 aliphatic rings. The van der Waals surface area contributed by atoms with Gasteiger partial charge in [0, 0.05) is 20.3 Å². The average molecular weight is 204 g/mol. The quantitative estimate of drug-likeness (QED) is 0.697. The van der Waals surface area contributed by atoms with Crippen LogP contribution in [0, 0.1) is 0 Å². The van der Waals surface area contributed by atoms with E-state index < -0.39 is 12.1 Å². The maximum absolute atomic E-state index is 10.7. The van der Waals surface area contributed by atoms with Gasteiger partial charge in [0.1, 0.15) is 0 Å². The van der Waals surface area contributed by atoms with E-state index in [2.05, 4.69) is 0 Å². The topological polar surface area (TPSA) is 65.0 Å². The minimum Gasteiger partial charge on any atom is -0.479 e. The lowest BCUT2D eigenvalue weighted by molar-refractivity contribution is -0.162. The van der Waals surface area contributed by atoms with Gasteiger partial charge in [0.05, 0.1) is 12.7 Å². The third-order valence-corrected chi connectivity index (χ3v) is 2.12. The molecule has 5 heteroatoms. The minimum atomic E-state index is -0.974. The van der Waals surface area contributed by atoms with Crippen LogP contribution in [0.15, 0.2) is 0 Å². The minimum absolute atomic E-state index is 0.0139. The Balaban J connectivity index is 2.33. The Labute approximate surface area is 82.9 Å². The van der Waals surface area contributed by atoms with E-state index in [1.54, 1.807) is 0 Å². The summed E-state index contributed by atoms with van der Waals surface area (Å²) < 4.78 is 15.3. The Morgan fingerprint density at radius 2 is 2.21 bits per heavy atom. The van der Waals surface area contributed by atoms with E-state index in [-0.39, 0.29) is 12.7 Å². The maximum atomic E-state index is 10.7. The van der Waals surface area contributed by atoms with Gasteiger partial charge in [-0.15, -0.1) is 0 Å². The molecule has 1 N–H and O–H groups in total. The molecular weight excluding hydrogens is 188 g/mol. The molecule has 82 valence electrons. The van der Waals surface area contributed by atoms with Gasteiger partial charge in [-0.25, -0.2) is 4.79 Å². The maximum Gasteiger partial charge on any atom is 0.335 e. The molecule has 0 spiro atoms. The van der Waals surface area contributed by atoms with Gasteiger partial charge in [0.15, 0.2) is 6.10 Å². The van der Waals surface area contributed by atoms with Crippen LogP contribution in [0.4, 0.5) is 0 Å². The summed E-state index contributed by atoms with van der Waals surface area (Å²) in [4.78, 5) is 10.7. The molecule has 1 rings (SSSR count). The smallest absolute Gasteiger partial charge is 0.335 e. The molecule has 0 amide bonds. The molecule has 1 aliphatic heterocycles. The lowest BCUT2D eigenvalue weighted by Gasteiger charge is -2.25. The van der Waals surface area contributed by atoms with E-state index in [1.807, 2.05) is 0 Å². The highest BCUT2D eigenvalue weighted by atomic mass is 16.6. The zero-order valence-corrected chi connectivity index (χ0v) is 8.27. The molecule has 14 heavy (non-hydrogen) atoms. The van der Waals surface area contributed by atoms with Crippen molar-refractivity contribution in [1.82, 2.24) is 0 Å². The molecule has 0 aliphatic carbocycles. The Morgan fingerprint density at radius 3 is 2.71 bits per heavy atom. The molecule has 1 fully saturated rings. The fourth-order valence-electron chi connectivity index (χ4n) is 1.36. The molecular formula is C9H16O5. The van der Waals surface area contributed by atoms with Crippen molar-refractivity contribution in [3.05, 3.63) is 0 Å². The van der Waals surface area contributed by atoms with Gasteiger partial charge in [0.2, 0.25) is 0 Å². The van der Waals surface area contributed by atoms with Crippen molar-refractivity contribution in [3.8, 4) is 0 Å². The number of hydrogen-bond donors (Lipinski definition) is 1. The van der Waals surface area contributed by atoms with Crippen LogP contribution in [0.1, 0.15) is 12.8 Å². The molecule has 1 saturated heterocycles. The van der Waals surface area contributed by atoms with E-state index in [0.717, 1.165) is 12.8 Å². The summed E-state index contributed by atoms with van der Waals surface area (Å²) in [6.07, 6.45) is 0.643. The van der Waals surface area contributed by atoms with Crippen LogP contribution in [0.25, 0.3) is 0 Å². The summed E-state index contributed by atoms with van der Waals surface area (Å²) in [5.74, 6) is -0.974. The summed E-state index contributed by atoms with van der Waals surface area (Å²) in [6.45, 7) is 1.38. The standard InChI is InChI=1S/C9H16O5/c1-12-6-8(9(10)11)14-7-2-4-13-5-3-7/h7-8H,2-6H2,1H3,(H,10,11). The molecule has 0 aromatic heterocycles. The van der Waals surface area contributed by atoms with Gasteiger partial charge in [-0.1, -0.05) is 0 Å². The second-order valence-corrected chi connectivity index (χ2v) is 3.23. The van der Waals surface area contributed by atoms with Crippen molar-refractivity contribution >= 4 is 5.97 Å². The predicted octanol–water partition coefficient (Wildman–Crippen LogP) is 0.282. The molecule has 0 radical (unpaired) electrons. The van der Waals surface area contributed by atoms with E-state index >= 15 is 0 Å². The van der Waals surface area contributed by atoms with Crippen molar-refractivity contribution in [2.45, 2.75) is 25.0 Å². The number of methoxy groups -OCH3 is 1. The first kappa shape index (κ1) is 11.4. The van der Waals surface area contributed by atoms with Crippen LogP contribution >= 0.6 is 0 Å². The van der Waals surface area contributed by atoms with Gasteiger partial charge in [-0.3, -0.25) is 0 Å². The Hall–Kier alpha value is -0.650. The van der Waals surface area contributed by atoms with Gasteiger partial charge >= 0.3 is 5.97 Å². The largest absolute Gasteiger partial charge is 0.479 e. The van der Waals surface area contributed by atoms with Crippen molar-refractivity contribution in [1.29, 1.82) is 0 Å². The molecule has 0 aromatic carbocycles. The van der Waals surface area contributed by atoms with Crippen molar-refractivity contribution in [2.75, 3.05) is 26.9 Å². The zero-order chi connectivity index (χ0) is 10.4. The summed E-state index contributed by atoms with van der Waals surface area (Å²) in [7, 11) is 1.46. The third kappa shape index (κ3) is 3.61. The molecule has 0 saturated carbocycles. The second-order valence-electron chi connectivity index (χ2n) is 3.23. The number of carbonyl (C=O) groups is 1. The van der Waals surface area contributed by atoms with Crippen LogP contribution < -0.4 is 0 Å². The second kappa shape index (κ2) is 5.95. The molecule has 5 nitrogen and oxygen atoms in total. The fraction of sp³-hybridized carbons (Fsp3) is 0.889. The first-order valence-corrected chi connectivity index (χ1v) is 4.69. The molecule has 1 atom stereocenters. The summed E-state index contributed by atoms with van der Waals surface area (Å²) in [5, 5.41) is 8.80. The van der Waals surface area contributed by atoms with E-state index in [9.17, 15) is 4.79 Å². The first-order chi connectivity index (χ1) is 6.74. The number of aliphatic carboxylic acids is 1. The molecule has 1 heterocycles. The van der Waals surface area contributed by atoms with E-state index in [4.69, 9.17) is 19.3 Å². The summed E-state index contributed by atoms with van der Waals surface area (Å²) in [6, 6.07) is 0. The number of rotatable bonds is 5. The lowest BCUT2D eigenvalue weighted by Crippen LogP contribution is -2.35. The van der Waals surface area contributed by atoms with Gasteiger partial charge < -0.3 is 19.3 Å². The highest BCUT2D eigenvalue weighted by Gasteiger charge is 2.24. The van der Waals surface area contributed by atoms with Gasteiger partial charge in [0.25, 0.3) is 0 Å². The van der Waals surface area contributed by atoms with E-state index in [0.29, 0.717) is 13.2 Å². The lowest BCUT2D eigenvalue weighted by atomic mass is 10.1. The monoisotopic (exact) mass is 204 g/mol. The van der Waals surface area contributed by atoms with Crippen LogP contribution in [0.2, 0.25) is 0 Å². The van der Waals surface area contributed by atoms with Gasteiger partial charge in [-0.05, 0) is 12.8 Å². The van der Waals surface area contributed by atoms with Crippen LogP contribution in [0.3, 0.4) is 0 Å². The Morgan fingerprint density at radius 1 is 1.57 bits per heavy atom. The zero-order valence-electron chi connectivity index (χ0n) is 8.27. The normalized spacial score (nSPS) is 20.6. The number of ether oxygens (including phenoxy) is 3. The van der Waals surface area contributed by atoms with Gasteiger partial charge in [-0.2, -0.15) is 0 Å². The van der Waals surface area contributed by atoms with Crippen LogP contribution in [-0.2, 0) is 19.0 Å². The van der Waals surface area contributed by atoms with Crippen LogP contribution in [0.5, 0.6) is 0 Å². The fourth-order valence-corrected chi connectivity index (χ4v) is 1.36. The predicted molar refractivity (Wildman–Crippen MR) is 48.2 cm³/mol. The number of hydrogen-bond acceptors (Lipinski definition) is 4. The number of carboxylic acids is 1. The number of carboxylic acid groups (broad SMARTS) is 1. The van der Waals surface area contributed by atoms with Crippen molar-refractivity contribution < 1.29 is 24.1 Å². The molecule has 0 bridgehead atoms. The first-order valence-electron chi connectivity index (χ1n) is 4.69. The summed E-state index contributed by atoms with van der Waals surface area (Å²) >= 11 is 0. The highest BCUT2D eigenvalue weighted by Crippen LogP contribution is 2.13. The SMILES string of the molecule is COCC(OC1CCOCC1)C(=O)O.